The maximum absolute atomic E-state index is 12.8. The van der Waals surface area contributed by atoms with Gasteiger partial charge in [-0.2, -0.15) is 0 Å². The molecule has 3 heterocycles. The van der Waals surface area contributed by atoms with Crippen molar-refractivity contribution in [2.75, 3.05) is 67.6 Å². The Bertz CT molecular complexity index is 1020. The molecule has 180 valence electrons. The zero-order chi connectivity index (χ0) is 23.5. The van der Waals surface area contributed by atoms with Crippen LogP contribution in [0, 0.1) is 0 Å². The van der Waals surface area contributed by atoms with E-state index in [-0.39, 0.29) is 17.9 Å². The SMILES string of the molecule is CN1C(=O)[C@H]2CCCCN2c2ccc(C(=O)NCCCN3CCN(c4ccccc4)CC3)cc21. The summed E-state index contributed by atoms with van der Waals surface area (Å²) in [5.41, 5.74) is 3.82. The number of nitrogens with one attached hydrogen (secondary N) is 1. The minimum absolute atomic E-state index is 0.0551. The number of rotatable bonds is 6. The van der Waals surface area contributed by atoms with E-state index in [1.807, 2.05) is 25.2 Å². The van der Waals surface area contributed by atoms with Crippen molar-refractivity contribution < 1.29 is 9.59 Å². The Labute approximate surface area is 202 Å². The summed E-state index contributed by atoms with van der Waals surface area (Å²) in [5.74, 6) is 0.0652. The molecule has 1 atom stereocenters. The zero-order valence-electron chi connectivity index (χ0n) is 20.1. The molecule has 2 aromatic carbocycles. The van der Waals surface area contributed by atoms with Crippen molar-refractivity contribution in [1.29, 1.82) is 0 Å². The van der Waals surface area contributed by atoms with Crippen molar-refractivity contribution in [3.05, 3.63) is 54.1 Å². The highest BCUT2D eigenvalue weighted by molar-refractivity contribution is 6.07. The number of anilines is 3. The lowest BCUT2D eigenvalue weighted by Crippen LogP contribution is -2.54. The number of benzene rings is 2. The number of para-hydroxylation sites is 1. The van der Waals surface area contributed by atoms with Crippen LogP contribution in [0.15, 0.2) is 48.5 Å². The van der Waals surface area contributed by atoms with Gasteiger partial charge < -0.3 is 20.0 Å². The maximum Gasteiger partial charge on any atom is 0.251 e. The first-order valence-electron chi connectivity index (χ1n) is 12.6. The second-order valence-electron chi connectivity index (χ2n) is 9.58. The summed E-state index contributed by atoms with van der Waals surface area (Å²) in [6, 6.07) is 16.3. The Hall–Kier alpha value is -3.06. The van der Waals surface area contributed by atoms with E-state index in [0.29, 0.717) is 12.1 Å². The summed E-state index contributed by atoms with van der Waals surface area (Å²) in [6.45, 7) is 6.71. The predicted octanol–water partition coefficient (Wildman–Crippen LogP) is 2.96. The summed E-state index contributed by atoms with van der Waals surface area (Å²) in [7, 11) is 1.83. The quantitative estimate of drug-likeness (QED) is 0.671. The highest BCUT2D eigenvalue weighted by Crippen LogP contribution is 2.39. The second kappa shape index (κ2) is 10.1. The van der Waals surface area contributed by atoms with Crippen molar-refractivity contribution in [2.24, 2.45) is 0 Å². The third-order valence-corrected chi connectivity index (χ3v) is 7.46. The molecule has 5 rings (SSSR count). The Kier molecular flexibility index (Phi) is 6.72. The van der Waals surface area contributed by atoms with E-state index >= 15 is 0 Å². The summed E-state index contributed by atoms with van der Waals surface area (Å²) < 4.78 is 0. The van der Waals surface area contributed by atoms with Gasteiger partial charge in [0, 0.05) is 57.6 Å². The van der Waals surface area contributed by atoms with Crippen LogP contribution in [0.2, 0.25) is 0 Å². The lowest BCUT2D eigenvalue weighted by atomic mass is 9.96. The minimum Gasteiger partial charge on any atom is -0.369 e. The highest BCUT2D eigenvalue weighted by atomic mass is 16.2. The molecular weight excluding hydrogens is 426 g/mol. The third kappa shape index (κ3) is 4.62. The molecule has 0 spiro atoms. The van der Waals surface area contributed by atoms with Gasteiger partial charge in [-0.15, -0.1) is 0 Å². The molecule has 2 saturated heterocycles. The van der Waals surface area contributed by atoms with E-state index in [2.05, 4.69) is 50.3 Å². The number of hydrogen-bond acceptors (Lipinski definition) is 5. The van der Waals surface area contributed by atoms with Crippen LogP contribution >= 0.6 is 0 Å². The molecule has 7 nitrogen and oxygen atoms in total. The van der Waals surface area contributed by atoms with Crippen LogP contribution in [0.5, 0.6) is 0 Å². The lowest BCUT2D eigenvalue weighted by molar-refractivity contribution is -0.120. The van der Waals surface area contributed by atoms with Crippen molar-refractivity contribution in [3.63, 3.8) is 0 Å². The van der Waals surface area contributed by atoms with Crippen LogP contribution in [0.1, 0.15) is 36.0 Å². The van der Waals surface area contributed by atoms with Gasteiger partial charge in [-0.25, -0.2) is 0 Å². The van der Waals surface area contributed by atoms with E-state index in [9.17, 15) is 9.59 Å². The molecule has 2 amide bonds. The summed E-state index contributed by atoms with van der Waals surface area (Å²) in [5, 5.41) is 3.07. The predicted molar refractivity (Wildman–Crippen MR) is 137 cm³/mol. The first-order chi connectivity index (χ1) is 16.6. The first kappa shape index (κ1) is 22.7. The smallest absolute Gasteiger partial charge is 0.251 e. The lowest BCUT2D eigenvalue weighted by Gasteiger charge is -2.44. The summed E-state index contributed by atoms with van der Waals surface area (Å²) in [4.78, 5) is 34.5. The van der Waals surface area contributed by atoms with Crippen molar-refractivity contribution in [3.8, 4) is 0 Å². The Morgan fingerprint density at radius 3 is 2.56 bits per heavy atom. The number of likely N-dealkylation sites (N-methyl/N-ethyl adjacent to an activating group) is 1. The molecule has 0 bridgehead atoms. The van der Waals surface area contributed by atoms with E-state index < -0.39 is 0 Å². The number of piperazine rings is 1. The average Bonchev–Trinajstić information content (AvgIpc) is 2.90. The number of hydrogen-bond donors (Lipinski definition) is 1. The van der Waals surface area contributed by atoms with Gasteiger partial charge >= 0.3 is 0 Å². The first-order valence-corrected chi connectivity index (χ1v) is 12.6. The van der Waals surface area contributed by atoms with Crippen LogP contribution in [-0.4, -0.2) is 75.6 Å². The zero-order valence-corrected chi connectivity index (χ0v) is 20.1. The molecule has 1 N–H and O–H groups in total. The normalized spacial score (nSPS) is 20.7. The van der Waals surface area contributed by atoms with Crippen LogP contribution in [0.4, 0.5) is 17.1 Å². The number of piperidine rings is 1. The molecule has 0 radical (unpaired) electrons. The Morgan fingerprint density at radius 2 is 1.76 bits per heavy atom. The standard InChI is InChI=1S/C27H35N5O2/c1-29-25-20-21(11-12-23(25)32-15-6-5-10-24(32)27(29)34)26(33)28-13-7-14-30-16-18-31(19-17-30)22-8-3-2-4-9-22/h2-4,8-9,11-12,20,24H,5-7,10,13-19H2,1H3,(H,28,33)/t24-/m1/s1. The van der Waals surface area contributed by atoms with Crippen LogP contribution in [-0.2, 0) is 4.79 Å². The minimum atomic E-state index is -0.0710. The maximum atomic E-state index is 12.8. The number of carbonyl (C=O) groups is 2. The molecule has 3 aliphatic rings. The fraction of sp³-hybridized carbons (Fsp3) is 0.481. The third-order valence-electron chi connectivity index (χ3n) is 7.46. The fourth-order valence-corrected chi connectivity index (χ4v) is 5.47. The van der Waals surface area contributed by atoms with Gasteiger partial charge in [0.25, 0.3) is 5.91 Å². The van der Waals surface area contributed by atoms with Crippen molar-refractivity contribution in [1.82, 2.24) is 10.2 Å². The van der Waals surface area contributed by atoms with Gasteiger partial charge in [0.15, 0.2) is 0 Å². The van der Waals surface area contributed by atoms with Gasteiger partial charge in [0.2, 0.25) is 5.91 Å². The summed E-state index contributed by atoms with van der Waals surface area (Å²) >= 11 is 0. The second-order valence-corrected chi connectivity index (χ2v) is 9.58. The molecule has 3 aliphatic heterocycles. The monoisotopic (exact) mass is 461 g/mol. The molecule has 0 saturated carbocycles. The van der Waals surface area contributed by atoms with E-state index in [1.54, 1.807) is 4.90 Å². The molecule has 0 unspecified atom stereocenters. The molecule has 2 aromatic rings. The molecule has 2 fully saturated rings. The average molecular weight is 462 g/mol. The van der Waals surface area contributed by atoms with E-state index in [1.165, 1.54) is 5.69 Å². The molecule has 7 heteroatoms. The van der Waals surface area contributed by atoms with Gasteiger partial charge in [0.05, 0.1) is 11.4 Å². The Morgan fingerprint density at radius 1 is 0.971 bits per heavy atom. The molecular formula is C27H35N5O2. The largest absolute Gasteiger partial charge is 0.369 e. The molecule has 34 heavy (non-hydrogen) atoms. The van der Waals surface area contributed by atoms with Crippen LogP contribution in [0.25, 0.3) is 0 Å². The van der Waals surface area contributed by atoms with Crippen molar-refractivity contribution >= 4 is 28.9 Å². The number of nitrogens with zero attached hydrogens (tertiary/aromatic N) is 4. The van der Waals surface area contributed by atoms with Crippen LogP contribution < -0.4 is 20.0 Å². The van der Waals surface area contributed by atoms with E-state index in [0.717, 1.165) is 76.3 Å². The van der Waals surface area contributed by atoms with Crippen LogP contribution in [0.3, 0.4) is 0 Å². The number of carbonyl (C=O) groups excluding carboxylic acids is 2. The highest BCUT2D eigenvalue weighted by Gasteiger charge is 2.38. The topological polar surface area (TPSA) is 59.1 Å². The molecule has 0 aliphatic carbocycles. The fourth-order valence-electron chi connectivity index (χ4n) is 5.47. The number of fused-ring (bicyclic) bond motifs is 3. The Balaban J connectivity index is 1.10. The van der Waals surface area contributed by atoms with Gasteiger partial charge in [0.1, 0.15) is 6.04 Å². The van der Waals surface area contributed by atoms with E-state index in [4.69, 9.17) is 0 Å². The van der Waals surface area contributed by atoms with Gasteiger partial charge in [-0.05, 0) is 62.6 Å². The summed E-state index contributed by atoms with van der Waals surface area (Å²) in [6.07, 6.45) is 4.04. The number of amides is 2. The van der Waals surface area contributed by atoms with Crippen molar-refractivity contribution in [2.45, 2.75) is 31.7 Å². The molecule has 0 aromatic heterocycles. The van der Waals surface area contributed by atoms with Gasteiger partial charge in [-0.1, -0.05) is 18.2 Å². The van der Waals surface area contributed by atoms with Gasteiger partial charge in [-0.3, -0.25) is 14.5 Å².